The summed E-state index contributed by atoms with van der Waals surface area (Å²) in [5.74, 6) is 1.27. The number of methoxy groups -OCH3 is 1. The molecule has 0 heterocycles. The number of rotatable bonds is 7. The van der Waals surface area contributed by atoms with Crippen molar-refractivity contribution in [3.8, 4) is 11.5 Å². The van der Waals surface area contributed by atoms with Crippen LogP contribution in [0.2, 0.25) is 5.02 Å². The number of aryl methyl sites for hydroxylation is 1. The summed E-state index contributed by atoms with van der Waals surface area (Å²) in [4.78, 5) is 12.3. The van der Waals surface area contributed by atoms with Gasteiger partial charge in [-0.2, -0.15) is 0 Å². The lowest BCUT2D eigenvalue weighted by atomic mass is 10.1. The van der Waals surface area contributed by atoms with Crippen LogP contribution in [0.15, 0.2) is 71.2 Å². The molecule has 0 aromatic heterocycles. The molecule has 0 unspecified atom stereocenters. The van der Waals surface area contributed by atoms with Crippen LogP contribution in [0.25, 0.3) is 6.08 Å². The molecule has 3 rings (SSSR count). The Bertz CT molecular complexity index is 1040. The number of ether oxygens (including phenoxy) is 2. The summed E-state index contributed by atoms with van der Waals surface area (Å²) in [5.41, 5.74) is 3.45. The third-order valence-electron chi connectivity index (χ3n) is 4.33. The van der Waals surface area contributed by atoms with Crippen molar-refractivity contribution in [3.63, 3.8) is 0 Å². The van der Waals surface area contributed by atoms with Gasteiger partial charge in [0.05, 0.1) is 12.1 Å². The molecule has 148 valence electrons. The molecule has 0 saturated carbocycles. The van der Waals surface area contributed by atoms with Gasteiger partial charge in [-0.15, -0.1) is 0 Å². The first-order chi connectivity index (χ1) is 14.0. The first-order valence-corrected chi connectivity index (χ1v) is 10.2. The first-order valence-electron chi connectivity index (χ1n) is 9.00. The number of ketones is 1. The fraction of sp³-hybridized carbons (Fsp3) is 0.125. The molecule has 0 amide bonds. The second-order valence-electron chi connectivity index (χ2n) is 6.50. The second-order valence-corrected chi connectivity index (χ2v) is 7.82. The number of benzene rings is 3. The summed E-state index contributed by atoms with van der Waals surface area (Å²) in [6.07, 6.45) is 3.35. The van der Waals surface area contributed by atoms with E-state index in [9.17, 15) is 4.79 Å². The maximum atomic E-state index is 12.3. The molecule has 0 atom stereocenters. The van der Waals surface area contributed by atoms with Gasteiger partial charge in [0.2, 0.25) is 0 Å². The molecule has 3 aromatic rings. The number of halogens is 2. The van der Waals surface area contributed by atoms with E-state index >= 15 is 0 Å². The minimum atomic E-state index is -0.0578. The molecule has 5 heteroatoms. The van der Waals surface area contributed by atoms with Gasteiger partial charge in [-0.25, -0.2) is 0 Å². The Morgan fingerprint density at radius 3 is 2.45 bits per heavy atom. The average Bonchev–Trinajstić information content (AvgIpc) is 2.72. The summed E-state index contributed by atoms with van der Waals surface area (Å²) < 4.78 is 12.2. The number of allylic oxidation sites excluding steroid dienone is 1. The van der Waals surface area contributed by atoms with Gasteiger partial charge in [-0.05, 0) is 72.7 Å². The summed E-state index contributed by atoms with van der Waals surface area (Å²) in [6, 6.07) is 18.6. The highest BCUT2D eigenvalue weighted by atomic mass is 79.9. The monoisotopic (exact) mass is 470 g/mol. The number of hydrogen-bond donors (Lipinski definition) is 0. The van der Waals surface area contributed by atoms with E-state index in [-0.39, 0.29) is 5.78 Å². The maximum absolute atomic E-state index is 12.3. The Hall–Kier alpha value is -2.56. The predicted molar refractivity (Wildman–Crippen MR) is 121 cm³/mol. The van der Waals surface area contributed by atoms with E-state index in [0.717, 1.165) is 21.2 Å². The normalized spacial score (nSPS) is 10.9. The van der Waals surface area contributed by atoms with E-state index in [1.54, 1.807) is 31.4 Å². The molecule has 3 aromatic carbocycles. The van der Waals surface area contributed by atoms with Gasteiger partial charge in [0.15, 0.2) is 5.78 Å². The highest BCUT2D eigenvalue weighted by Crippen LogP contribution is 2.28. The van der Waals surface area contributed by atoms with Crippen LogP contribution in [0.5, 0.6) is 11.5 Å². The highest BCUT2D eigenvalue weighted by molar-refractivity contribution is 9.10. The zero-order chi connectivity index (χ0) is 20.8. The van der Waals surface area contributed by atoms with Crippen molar-refractivity contribution in [3.05, 3.63) is 98.5 Å². The van der Waals surface area contributed by atoms with E-state index in [2.05, 4.69) is 15.9 Å². The van der Waals surface area contributed by atoms with Crippen LogP contribution in [-0.2, 0) is 6.61 Å². The van der Waals surface area contributed by atoms with Crippen molar-refractivity contribution in [2.75, 3.05) is 7.11 Å². The lowest BCUT2D eigenvalue weighted by Gasteiger charge is -2.12. The van der Waals surface area contributed by atoms with Gasteiger partial charge in [-0.1, -0.05) is 45.7 Å². The van der Waals surface area contributed by atoms with Crippen molar-refractivity contribution >= 4 is 39.4 Å². The van der Waals surface area contributed by atoms with Crippen molar-refractivity contribution in [2.24, 2.45) is 0 Å². The Balaban J connectivity index is 1.75. The largest absolute Gasteiger partial charge is 0.496 e. The smallest absolute Gasteiger partial charge is 0.185 e. The molecule has 0 fully saturated rings. The quantitative estimate of drug-likeness (QED) is 0.278. The zero-order valence-electron chi connectivity index (χ0n) is 16.1. The Kier molecular flexibility index (Phi) is 7.13. The van der Waals surface area contributed by atoms with E-state index in [1.165, 1.54) is 0 Å². The van der Waals surface area contributed by atoms with Crippen molar-refractivity contribution in [2.45, 2.75) is 13.5 Å². The molecule has 0 saturated heterocycles. The number of carbonyl (C=O) groups excluding carboxylic acids is 1. The molecule has 0 aliphatic heterocycles. The van der Waals surface area contributed by atoms with Crippen LogP contribution in [0, 0.1) is 6.92 Å². The van der Waals surface area contributed by atoms with Gasteiger partial charge in [-0.3, -0.25) is 4.79 Å². The van der Waals surface area contributed by atoms with Crippen LogP contribution in [0.3, 0.4) is 0 Å². The molecular formula is C24H20BrClO3. The fourth-order valence-corrected chi connectivity index (χ4v) is 3.33. The van der Waals surface area contributed by atoms with Crippen LogP contribution < -0.4 is 9.47 Å². The summed E-state index contributed by atoms with van der Waals surface area (Å²) >= 11 is 9.62. The third kappa shape index (κ3) is 5.72. The first kappa shape index (κ1) is 21.2. The van der Waals surface area contributed by atoms with Gasteiger partial charge in [0, 0.05) is 15.6 Å². The van der Waals surface area contributed by atoms with Gasteiger partial charge < -0.3 is 9.47 Å². The van der Waals surface area contributed by atoms with Gasteiger partial charge in [0.1, 0.15) is 18.1 Å². The van der Waals surface area contributed by atoms with Crippen LogP contribution in [0.4, 0.5) is 0 Å². The lowest BCUT2D eigenvalue weighted by molar-refractivity contribution is 0.104. The number of carbonyl (C=O) groups is 1. The molecule has 0 radical (unpaired) electrons. The summed E-state index contributed by atoms with van der Waals surface area (Å²) in [6.45, 7) is 2.28. The van der Waals surface area contributed by atoms with Crippen molar-refractivity contribution in [1.82, 2.24) is 0 Å². The lowest BCUT2D eigenvalue weighted by Crippen LogP contribution is -2.00. The summed E-state index contributed by atoms with van der Waals surface area (Å²) in [5, 5.41) is 0.570. The van der Waals surface area contributed by atoms with Crippen LogP contribution in [-0.4, -0.2) is 12.9 Å². The minimum Gasteiger partial charge on any atom is -0.496 e. The van der Waals surface area contributed by atoms with Gasteiger partial charge in [0.25, 0.3) is 0 Å². The second kappa shape index (κ2) is 9.77. The standard InChI is InChI=1S/C24H20BrClO3/c1-16-3-11-24(21(26)13-16)29-15-19-14-17(5-12-23(19)28-2)4-10-22(27)18-6-8-20(25)9-7-18/h3-14H,15H2,1-2H3/b10-4+. The summed E-state index contributed by atoms with van der Waals surface area (Å²) in [7, 11) is 1.62. The average molecular weight is 472 g/mol. The molecule has 0 bridgehead atoms. The van der Waals surface area contributed by atoms with Gasteiger partial charge >= 0.3 is 0 Å². The molecule has 0 N–H and O–H groups in total. The SMILES string of the molecule is COc1ccc(/C=C/C(=O)c2ccc(Br)cc2)cc1COc1ccc(C)cc1Cl. The number of hydrogen-bond acceptors (Lipinski definition) is 3. The van der Waals surface area contributed by atoms with E-state index < -0.39 is 0 Å². The van der Waals surface area contributed by atoms with E-state index in [0.29, 0.717) is 28.7 Å². The topological polar surface area (TPSA) is 35.5 Å². The van der Waals surface area contributed by atoms with Crippen LogP contribution in [0.1, 0.15) is 27.0 Å². The van der Waals surface area contributed by atoms with E-state index in [1.807, 2.05) is 55.5 Å². The molecule has 0 aliphatic carbocycles. The minimum absolute atomic E-state index is 0.0578. The fourth-order valence-electron chi connectivity index (χ4n) is 2.78. The third-order valence-corrected chi connectivity index (χ3v) is 5.15. The zero-order valence-corrected chi connectivity index (χ0v) is 18.5. The Morgan fingerprint density at radius 1 is 1.03 bits per heavy atom. The molecule has 3 nitrogen and oxygen atoms in total. The highest BCUT2D eigenvalue weighted by Gasteiger charge is 2.08. The molecule has 0 spiro atoms. The Morgan fingerprint density at radius 2 is 1.76 bits per heavy atom. The Labute approximate surface area is 184 Å². The molecule has 0 aliphatic rings. The molecular weight excluding hydrogens is 452 g/mol. The van der Waals surface area contributed by atoms with Crippen LogP contribution >= 0.6 is 27.5 Å². The predicted octanol–water partition coefficient (Wildman–Crippen LogP) is 6.89. The van der Waals surface area contributed by atoms with Crippen molar-refractivity contribution in [1.29, 1.82) is 0 Å². The molecule has 29 heavy (non-hydrogen) atoms. The maximum Gasteiger partial charge on any atom is 0.185 e. The van der Waals surface area contributed by atoms with Crippen molar-refractivity contribution < 1.29 is 14.3 Å². The van der Waals surface area contributed by atoms with E-state index in [4.69, 9.17) is 21.1 Å².